The summed E-state index contributed by atoms with van der Waals surface area (Å²) < 4.78 is 5.37. The quantitative estimate of drug-likeness (QED) is 0.865. The van der Waals surface area contributed by atoms with Gasteiger partial charge in [0.1, 0.15) is 6.61 Å². The molecular formula is C19H20N2O2. The number of aryl methyl sites for hydroxylation is 1. The summed E-state index contributed by atoms with van der Waals surface area (Å²) in [5.74, 6) is 0. The zero-order chi connectivity index (χ0) is 16.1. The molecule has 4 heteroatoms. The topological polar surface area (TPSA) is 42.4 Å². The van der Waals surface area contributed by atoms with Crippen LogP contribution in [-0.2, 0) is 11.3 Å². The first-order chi connectivity index (χ1) is 11.2. The third-order valence-corrected chi connectivity index (χ3v) is 3.91. The van der Waals surface area contributed by atoms with E-state index >= 15 is 0 Å². The molecule has 1 amide bonds. The summed E-state index contributed by atoms with van der Waals surface area (Å²) in [4.78, 5) is 18.3. The Balaban J connectivity index is 1.55. The number of carbonyl (C=O) groups is 1. The van der Waals surface area contributed by atoms with Gasteiger partial charge in [-0.3, -0.25) is 4.98 Å². The average Bonchev–Trinajstić information content (AvgIpc) is 2.61. The summed E-state index contributed by atoms with van der Waals surface area (Å²) in [6.45, 7) is 3.57. The molecular weight excluding hydrogens is 288 g/mol. The van der Waals surface area contributed by atoms with Crippen LogP contribution in [0.5, 0.6) is 0 Å². The number of ether oxygens (including phenoxy) is 1. The van der Waals surface area contributed by atoms with Gasteiger partial charge in [0.05, 0.1) is 5.69 Å². The van der Waals surface area contributed by atoms with Crippen LogP contribution in [0.3, 0.4) is 0 Å². The Labute approximate surface area is 136 Å². The second kappa shape index (κ2) is 7.09. The summed E-state index contributed by atoms with van der Waals surface area (Å²) in [6, 6.07) is 13.8. The predicted octanol–water partition coefficient (Wildman–Crippen LogP) is 3.82. The minimum Gasteiger partial charge on any atom is -0.445 e. The molecule has 0 saturated heterocycles. The lowest BCUT2D eigenvalue weighted by Crippen LogP contribution is -2.35. The van der Waals surface area contributed by atoms with Crippen LogP contribution in [0, 0.1) is 6.92 Å². The highest BCUT2D eigenvalue weighted by atomic mass is 16.6. The van der Waals surface area contributed by atoms with Crippen molar-refractivity contribution in [1.29, 1.82) is 0 Å². The van der Waals surface area contributed by atoms with Crippen molar-refractivity contribution in [3.63, 3.8) is 0 Å². The van der Waals surface area contributed by atoms with Gasteiger partial charge in [0.25, 0.3) is 0 Å². The lowest BCUT2D eigenvalue weighted by atomic mass is 10.0. The molecule has 1 aromatic heterocycles. The van der Waals surface area contributed by atoms with E-state index in [2.05, 4.69) is 17.1 Å². The third-order valence-electron chi connectivity index (χ3n) is 3.91. The van der Waals surface area contributed by atoms with Crippen molar-refractivity contribution in [2.75, 3.05) is 13.1 Å². The SMILES string of the molecule is Cc1ccc(C2=CCN(C(=O)OCc3ccccc3)CC2)nc1. The molecule has 0 bridgehead atoms. The van der Waals surface area contributed by atoms with Crippen molar-refractivity contribution in [2.24, 2.45) is 0 Å². The second-order valence-corrected chi connectivity index (χ2v) is 5.69. The van der Waals surface area contributed by atoms with Crippen molar-refractivity contribution in [1.82, 2.24) is 9.88 Å². The molecule has 1 aliphatic heterocycles. The van der Waals surface area contributed by atoms with E-state index < -0.39 is 0 Å². The molecule has 0 fully saturated rings. The van der Waals surface area contributed by atoms with Crippen LogP contribution in [0.1, 0.15) is 23.2 Å². The van der Waals surface area contributed by atoms with E-state index in [1.807, 2.05) is 49.5 Å². The molecule has 0 spiro atoms. The van der Waals surface area contributed by atoms with Crippen LogP contribution in [0.4, 0.5) is 4.79 Å². The van der Waals surface area contributed by atoms with Gasteiger partial charge < -0.3 is 9.64 Å². The van der Waals surface area contributed by atoms with Gasteiger partial charge in [-0.1, -0.05) is 42.5 Å². The number of benzene rings is 1. The van der Waals surface area contributed by atoms with Crippen LogP contribution in [-0.4, -0.2) is 29.1 Å². The Morgan fingerprint density at radius 3 is 2.70 bits per heavy atom. The zero-order valence-corrected chi connectivity index (χ0v) is 13.2. The monoisotopic (exact) mass is 308 g/mol. The van der Waals surface area contributed by atoms with Crippen LogP contribution in [0.15, 0.2) is 54.7 Å². The maximum Gasteiger partial charge on any atom is 0.410 e. The van der Waals surface area contributed by atoms with Crippen molar-refractivity contribution in [3.05, 3.63) is 71.6 Å². The van der Waals surface area contributed by atoms with Crippen molar-refractivity contribution < 1.29 is 9.53 Å². The van der Waals surface area contributed by atoms with E-state index in [1.54, 1.807) is 4.90 Å². The lowest BCUT2D eigenvalue weighted by molar-refractivity contribution is 0.0998. The van der Waals surface area contributed by atoms with Crippen LogP contribution in [0.2, 0.25) is 0 Å². The molecule has 0 atom stereocenters. The molecule has 0 N–H and O–H groups in total. The molecule has 4 nitrogen and oxygen atoms in total. The molecule has 2 heterocycles. The molecule has 0 saturated carbocycles. The van der Waals surface area contributed by atoms with E-state index in [1.165, 1.54) is 5.57 Å². The van der Waals surface area contributed by atoms with Gasteiger partial charge in [-0.2, -0.15) is 0 Å². The van der Waals surface area contributed by atoms with E-state index in [0.717, 1.165) is 23.2 Å². The standard InChI is InChI=1S/C19H20N2O2/c1-15-7-8-18(20-13-15)17-9-11-21(12-10-17)19(22)23-14-16-5-3-2-4-6-16/h2-9,13H,10-12,14H2,1H3. The number of pyridine rings is 1. The minimum atomic E-state index is -0.263. The number of hydrogen-bond acceptors (Lipinski definition) is 3. The van der Waals surface area contributed by atoms with Gasteiger partial charge in [-0.05, 0) is 36.1 Å². The first-order valence-electron chi connectivity index (χ1n) is 7.80. The summed E-state index contributed by atoms with van der Waals surface area (Å²) in [5.41, 5.74) is 4.33. The largest absolute Gasteiger partial charge is 0.445 e. The molecule has 0 aliphatic carbocycles. The van der Waals surface area contributed by atoms with Crippen LogP contribution < -0.4 is 0 Å². The molecule has 1 aliphatic rings. The molecule has 3 rings (SSSR count). The normalized spacial score (nSPS) is 14.3. The summed E-state index contributed by atoms with van der Waals surface area (Å²) in [7, 11) is 0. The molecule has 0 radical (unpaired) electrons. The molecule has 1 aromatic carbocycles. The summed E-state index contributed by atoms with van der Waals surface area (Å²) in [5, 5.41) is 0. The van der Waals surface area contributed by atoms with E-state index in [-0.39, 0.29) is 6.09 Å². The number of aromatic nitrogens is 1. The Hall–Kier alpha value is -2.62. The summed E-state index contributed by atoms with van der Waals surface area (Å²) >= 11 is 0. The highest BCUT2D eigenvalue weighted by Gasteiger charge is 2.19. The van der Waals surface area contributed by atoms with Gasteiger partial charge in [0.15, 0.2) is 0 Å². The Morgan fingerprint density at radius 1 is 1.22 bits per heavy atom. The van der Waals surface area contributed by atoms with Gasteiger partial charge in [-0.25, -0.2) is 4.79 Å². The van der Waals surface area contributed by atoms with Crippen LogP contribution in [0.25, 0.3) is 5.57 Å². The zero-order valence-electron chi connectivity index (χ0n) is 13.2. The smallest absolute Gasteiger partial charge is 0.410 e. The highest BCUT2D eigenvalue weighted by Crippen LogP contribution is 2.21. The van der Waals surface area contributed by atoms with Crippen molar-refractivity contribution in [3.8, 4) is 0 Å². The Kier molecular flexibility index (Phi) is 4.71. The number of nitrogens with zero attached hydrogens (tertiary/aromatic N) is 2. The lowest BCUT2D eigenvalue weighted by Gasteiger charge is -2.25. The van der Waals surface area contributed by atoms with Gasteiger partial charge in [0.2, 0.25) is 0 Å². The molecule has 0 unspecified atom stereocenters. The van der Waals surface area contributed by atoms with Crippen molar-refractivity contribution in [2.45, 2.75) is 20.0 Å². The third kappa shape index (κ3) is 3.97. The van der Waals surface area contributed by atoms with E-state index in [9.17, 15) is 4.79 Å². The maximum absolute atomic E-state index is 12.1. The first kappa shape index (κ1) is 15.3. The highest BCUT2D eigenvalue weighted by molar-refractivity contribution is 5.71. The Morgan fingerprint density at radius 2 is 2.04 bits per heavy atom. The number of carbonyl (C=O) groups excluding carboxylic acids is 1. The van der Waals surface area contributed by atoms with Gasteiger partial charge >= 0.3 is 6.09 Å². The fourth-order valence-electron chi connectivity index (χ4n) is 2.54. The predicted molar refractivity (Wildman–Crippen MR) is 89.8 cm³/mol. The molecule has 118 valence electrons. The van der Waals surface area contributed by atoms with E-state index in [4.69, 9.17) is 4.74 Å². The Bertz CT molecular complexity index is 693. The van der Waals surface area contributed by atoms with Crippen molar-refractivity contribution >= 4 is 11.7 Å². The van der Waals surface area contributed by atoms with Gasteiger partial charge in [-0.15, -0.1) is 0 Å². The average molecular weight is 308 g/mol. The molecule has 2 aromatic rings. The second-order valence-electron chi connectivity index (χ2n) is 5.69. The number of amides is 1. The number of rotatable bonds is 3. The van der Waals surface area contributed by atoms with E-state index in [0.29, 0.717) is 19.7 Å². The van der Waals surface area contributed by atoms with Crippen LogP contribution >= 0.6 is 0 Å². The first-order valence-corrected chi connectivity index (χ1v) is 7.80. The maximum atomic E-state index is 12.1. The van der Waals surface area contributed by atoms with Gasteiger partial charge in [0, 0.05) is 19.3 Å². The fourth-order valence-corrected chi connectivity index (χ4v) is 2.54. The fraction of sp³-hybridized carbons (Fsp3) is 0.263. The molecule has 23 heavy (non-hydrogen) atoms. The minimum absolute atomic E-state index is 0.263. The summed E-state index contributed by atoms with van der Waals surface area (Å²) in [6.07, 6.45) is 4.47. The number of hydrogen-bond donors (Lipinski definition) is 0.